The summed E-state index contributed by atoms with van der Waals surface area (Å²) in [6.07, 6.45) is 1.77. The van der Waals surface area contributed by atoms with Gasteiger partial charge in [-0.15, -0.1) is 11.3 Å². The van der Waals surface area contributed by atoms with E-state index in [4.69, 9.17) is 22.1 Å². The first-order chi connectivity index (χ1) is 6.33. The number of rotatable bonds is 0. The molecule has 0 saturated carbocycles. The van der Waals surface area contributed by atoms with Gasteiger partial charge in [-0.25, -0.2) is 0 Å². The molecule has 10 nitrogen and oxygen atoms in total. The van der Waals surface area contributed by atoms with Crippen LogP contribution in [-0.4, -0.2) is 23.0 Å². The van der Waals surface area contributed by atoms with Crippen molar-refractivity contribution in [1.82, 2.24) is 4.98 Å². The van der Waals surface area contributed by atoms with Gasteiger partial charge in [-0.2, -0.15) is 0 Å². The van der Waals surface area contributed by atoms with Gasteiger partial charge in [0.1, 0.15) is 0 Å². The fourth-order valence-corrected chi connectivity index (χ4v) is 0.527. The van der Waals surface area contributed by atoms with E-state index in [9.17, 15) is 0 Å². The zero-order valence-corrected chi connectivity index (χ0v) is 11.1. The van der Waals surface area contributed by atoms with Gasteiger partial charge in [0, 0.05) is 11.6 Å². The Hall–Kier alpha value is -1.18. The smallest absolute Gasteiger partial charge is 0.870 e. The summed E-state index contributed by atoms with van der Waals surface area (Å²) in [7, 11) is 1.50. The van der Waals surface area contributed by atoms with Gasteiger partial charge in [0.25, 0.3) is 0 Å². The van der Waals surface area contributed by atoms with Crippen molar-refractivity contribution >= 4 is 11.3 Å². The van der Waals surface area contributed by atoms with Crippen molar-refractivity contribution in [3.05, 3.63) is 49.0 Å². The molecule has 94 valence electrons. The molecule has 0 radical (unpaired) electrons. The summed E-state index contributed by atoms with van der Waals surface area (Å²) in [6.45, 7) is 0. The van der Waals surface area contributed by atoms with Gasteiger partial charge in [-0.05, 0) is 7.05 Å². The molecule has 4 N–H and O–H groups in total. The first-order valence-corrected chi connectivity index (χ1v) is 3.64. The van der Waals surface area contributed by atoms with Crippen molar-refractivity contribution in [1.29, 1.82) is 0 Å². The molecule has 0 bridgehead atoms. The van der Waals surface area contributed by atoms with E-state index in [0.717, 1.165) is 0 Å². The van der Waals surface area contributed by atoms with Crippen LogP contribution < -0.4 is 5.73 Å². The summed E-state index contributed by atoms with van der Waals surface area (Å²) in [5.74, 6) is 0. The third-order valence-electron chi connectivity index (χ3n) is 0.347. The molecule has 1 rings (SSSR count). The second kappa shape index (κ2) is 67.1. The van der Waals surface area contributed by atoms with Gasteiger partial charge in [0.05, 0.1) is 5.51 Å². The maximum Gasteiger partial charge on any atom is 4.00 e. The fourth-order valence-electron chi connectivity index (χ4n) is 0.176. The second-order valence-electron chi connectivity index (χ2n) is 0.855. The maximum absolute atomic E-state index is 6.75. The van der Waals surface area contributed by atoms with Crippen LogP contribution in [-0.2, 0) is 21.1 Å². The molecule has 0 aliphatic carbocycles. The molecule has 16 heavy (non-hydrogen) atoms. The largest absolute Gasteiger partial charge is 4.00 e. The van der Waals surface area contributed by atoms with Crippen LogP contribution in [0.1, 0.15) is 0 Å². The van der Waals surface area contributed by atoms with Crippen molar-refractivity contribution in [2.24, 2.45) is 5.73 Å². The predicted octanol–water partition coefficient (Wildman–Crippen LogP) is 2.09. The number of aromatic nitrogens is 1. The molecule has 1 aromatic rings. The molecule has 0 spiro atoms. The topological polar surface area (TPSA) is 216 Å². The van der Waals surface area contributed by atoms with Gasteiger partial charge in [0.15, 0.2) is 0 Å². The average Bonchev–Trinajstić information content (AvgIpc) is 2.66. The van der Waals surface area contributed by atoms with Gasteiger partial charge in [-0.3, -0.25) is 14.8 Å². The van der Waals surface area contributed by atoms with Gasteiger partial charge in [-0.1, -0.05) is 0 Å². The summed E-state index contributed by atoms with van der Waals surface area (Å²) in [6, 6.07) is 0. The Bertz CT molecular complexity index is 191. The summed E-state index contributed by atoms with van der Waals surface area (Å²) in [5.41, 5.74) is 33.3. The van der Waals surface area contributed by atoms with Crippen molar-refractivity contribution in [2.75, 3.05) is 7.05 Å². The fraction of sp³-hybridized carbons (Fsp3) is 0.250. The molecule has 1 heterocycles. The molecule has 0 aliphatic heterocycles. The Labute approximate surface area is 110 Å². The minimum atomic E-state index is 0. The first kappa shape index (κ1) is 36.4. The summed E-state index contributed by atoms with van der Waals surface area (Å²) < 4.78 is 0. The van der Waals surface area contributed by atoms with Gasteiger partial charge in [0.2, 0.25) is 0 Å². The summed E-state index contributed by atoms with van der Waals surface area (Å²) in [4.78, 5) is 6.74. The van der Waals surface area contributed by atoms with Crippen molar-refractivity contribution in [3.63, 3.8) is 0 Å². The normalized spacial score (nSPS) is 3.88. The Morgan fingerprint density at radius 2 is 1.38 bits per heavy atom. The van der Waals surface area contributed by atoms with E-state index >= 15 is 0 Å². The standard InChI is InChI=1S/C3H3NS.CH5N.2N3.2H2O.Pt/c1-2-5-3-4-1;1-2;2*1-3-2;;;/h1-3H;2H2,1H3;;;2*1H2;/q;;2*-1;;;+4/p-2. The molecule has 1 aromatic heterocycles. The third-order valence-corrected chi connectivity index (χ3v) is 0.869. The minimum absolute atomic E-state index is 0. The molecule has 0 aliphatic rings. The zero-order valence-electron chi connectivity index (χ0n) is 8.06. The Morgan fingerprint density at radius 3 is 1.44 bits per heavy atom. The van der Waals surface area contributed by atoms with Crippen LogP contribution in [0.25, 0.3) is 31.9 Å². The molecule has 0 fully saturated rings. The van der Waals surface area contributed by atoms with Crippen LogP contribution >= 0.6 is 11.3 Å². The maximum atomic E-state index is 6.75. The van der Waals surface area contributed by atoms with E-state index in [0.29, 0.717) is 0 Å². The van der Waals surface area contributed by atoms with E-state index in [1.54, 1.807) is 23.0 Å². The molecule has 0 saturated heterocycles. The van der Waals surface area contributed by atoms with E-state index in [2.05, 4.69) is 10.7 Å². The van der Waals surface area contributed by atoms with Crippen LogP contribution in [0, 0.1) is 0 Å². The van der Waals surface area contributed by atoms with Crippen molar-refractivity contribution in [2.45, 2.75) is 0 Å². The number of hydrogen-bond acceptors (Lipinski definition) is 5. The number of thiazole rings is 1. The summed E-state index contributed by atoms with van der Waals surface area (Å²) in [5, 5.41) is 1.93. The van der Waals surface area contributed by atoms with Crippen LogP contribution in [0.5, 0.6) is 0 Å². The zero-order chi connectivity index (χ0) is 10.9. The Kier molecular flexibility index (Phi) is 153. The molecule has 0 unspecified atom stereocenters. The quantitative estimate of drug-likeness (QED) is 0.372. The monoisotopic (exact) mass is 429 g/mol. The van der Waals surface area contributed by atoms with Crippen molar-refractivity contribution < 1.29 is 32.0 Å². The van der Waals surface area contributed by atoms with E-state index in [1.165, 1.54) is 16.9 Å². The predicted molar refractivity (Wildman–Crippen MR) is 56.3 cm³/mol. The second-order valence-corrected chi connectivity index (χ2v) is 1.61. The van der Waals surface area contributed by atoms with E-state index in [-0.39, 0.29) is 32.0 Å². The summed E-state index contributed by atoms with van der Waals surface area (Å²) >= 11 is 1.60. The minimum Gasteiger partial charge on any atom is -0.870 e. The SMILES string of the molecule is CN.[N-]=[N+]=[N-].[N-]=[N+]=[N-].[OH-].[OH-].[Pt+4].c1cscn1. The van der Waals surface area contributed by atoms with Gasteiger partial charge >= 0.3 is 21.1 Å². The third kappa shape index (κ3) is 123. The number of nitrogens with two attached hydrogens (primary N) is 1. The van der Waals surface area contributed by atoms with Crippen LogP contribution in [0.2, 0.25) is 0 Å². The molecular formula is C4H10N8O2PtS. The molecular weight excluding hydrogens is 419 g/mol. The molecule has 0 amide bonds. The van der Waals surface area contributed by atoms with E-state index < -0.39 is 0 Å². The average molecular weight is 429 g/mol. The van der Waals surface area contributed by atoms with Crippen LogP contribution in [0.3, 0.4) is 0 Å². The number of hydrogen-bond donors (Lipinski definition) is 1. The molecule has 12 heteroatoms. The van der Waals surface area contributed by atoms with E-state index in [1.807, 2.05) is 5.38 Å². The molecule has 0 aromatic carbocycles. The Morgan fingerprint density at radius 1 is 1.06 bits per heavy atom. The first-order valence-electron chi connectivity index (χ1n) is 2.70. The van der Waals surface area contributed by atoms with Gasteiger partial charge < -0.3 is 38.8 Å². The van der Waals surface area contributed by atoms with Crippen LogP contribution in [0.4, 0.5) is 0 Å². The Balaban J connectivity index is -0.0000000208. The number of nitrogens with zero attached hydrogens (tertiary/aromatic N) is 7. The van der Waals surface area contributed by atoms with Crippen LogP contribution in [0.15, 0.2) is 17.1 Å². The molecule has 0 atom stereocenters. The van der Waals surface area contributed by atoms with Crippen molar-refractivity contribution in [3.8, 4) is 0 Å².